The van der Waals surface area contributed by atoms with Crippen molar-refractivity contribution >= 4 is 40.4 Å². The number of hydrogen-bond donors (Lipinski definition) is 15. The topological polar surface area (TPSA) is 493 Å². The highest BCUT2D eigenvalue weighted by atomic mass is 31.3. The summed E-state index contributed by atoms with van der Waals surface area (Å²) in [7, 11) is 4.14. The van der Waals surface area contributed by atoms with Crippen LogP contribution < -0.4 is 37.6 Å². The van der Waals surface area contributed by atoms with Gasteiger partial charge in [0.15, 0.2) is 17.7 Å². The van der Waals surface area contributed by atoms with E-state index in [1.165, 1.54) is 17.2 Å². The van der Waals surface area contributed by atoms with Crippen molar-refractivity contribution in [2.75, 3.05) is 255 Å². The molecule has 86 heavy (non-hydrogen) atoms. The van der Waals surface area contributed by atoms with Gasteiger partial charge in [0.05, 0.1) is 92.2 Å². The Hall–Kier alpha value is -2.12. The molecule has 2 aromatic rings. The van der Waals surface area contributed by atoms with Crippen molar-refractivity contribution in [3.05, 3.63) is 12.7 Å². The number of phosphoric acid groups is 3. The fourth-order valence-electron chi connectivity index (χ4n) is 5.29. The Labute approximate surface area is 507 Å². The molecule has 0 unspecified atom stereocenters. The summed E-state index contributed by atoms with van der Waals surface area (Å²) in [5.41, 5.74) is 6.44. The van der Waals surface area contributed by atoms with Gasteiger partial charge in [0.2, 0.25) is 0 Å². The van der Waals surface area contributed by atoms with Gasteiger partial charge < -0.3 is 139 Å². The molecule has 37 nitrogen and oxygen atoms in total. The fraction of sp³-hybridized carbons (Fsp3) is 0.891. The van der Waals surface area contributed by atoms with E-state index in [9.17, 15) is 23.9 Å². The molecule has 3 rings (SSSR count). The van der Waals surface area contributed by atoms with Crippen LogP contribution in [0.5, 0.6) is 0 Å². The highest BCUT2D eigenvalue weighted by Crippen LogP contribution is 2.64. The summed E-state index contributed by atoms with van der Waals surface area (Å²) in [5.74, 6) is 0.218. The molecule has 0 saturated carbocycles. The predicted octanol–water partition coefficient (Wildman–Crippen LogP) is -3.46. The zero-order valence-corrected chi connectivity index (χ0v) is 55.0. The number of rotatable bonds is 42. The SMILES string of the molecule is COCCNCCOC.COCCNCCOC.COCCNCCOC.COCCNCCOC.COCCNCCOC.COCCNCCOC.Nc1ncnc2c1ncn2[C@@H]1O[C@H](CO)[C@@H](O)[C@H]1O.O=P(O)(O)OP(=O)(O)OP(=O)(O)O. The smallest absolute Gasteiger partial charge is 0.394 e. The minimum absolute atomic E-state index is 0.218. The summed E-state index contributed by atoms with van der Waals surface area (Å²) in [6, 6.07) is 0. The molecule has 0 aliphatic carbocycles. The Morgan fingerprint density at radius 1 is 0.453 bits per heavy atom. The minimum Gasteiger partial charge on any atom is -0.394 e. The number of aromatic nitrogens is 4. The molecule has 1 aliphatic rings. The molecule has 0 radical (unpaired) electrons. The molecular formula is C46H108N11O26P3. The summed E-state index contributed by atoms with van der Waals surface area (Å²) < 4.78 is 101. The van der Waals surface area contributed by atoms with Crippen molar-refractivity contribution in [2.45, 2.75) is 24.5 Å². The number of methoxy groups -OCH3 is 12. The first-order valence-electron chi connectivity index (χ1n) is 26.6. The van der Waals surface area contributed by atoms with E-state index in [0.717, 1.165) is 158 Å². The first kappa shape index (κ1) is 92.6. The van der Waals surface area contributed by atoms with Gasteiger partial charge in [-0.1, -0.05) is 0 Å². The molecule has 0 bridgehead atoms. The molecule has 2 aromatic heterocycles. The van der Waals surface area contributed by atoms with E-state index in [-0.39, 0.29) is 5.82 Å². The van der Waals surface area contributed by atoms with Crippen LogP contribution in [-0.4, -0.2) is 327 Å². The Morgan fingerprint density at radius 2 is 0.709 bits per heavy atom. The van der Waals surface area contributed by atoms with E-state index in [0.29, 0.717) is 11.2 Å². The fourth-order valence-corrected chi connectivity index (χ4v) is 7.83. The van der Waals surface area contributed by atoms with Gasteiger partial charge >= 0.3 is 23.5 Å². The maximum absolute atomic E-state index is 10.4. The summed E-state index contributed by atoms with van der Waals surface area (Å²) >= 11 is 0. The summed E-state index contributed by atoms with van der Waals surface area (Å²) in [5, 5.41) is 47.6. The van der Waals surface area contributed by atoms with Gasteiger partial charge in [-0.15, -0.1) is 0 Å². The molecule has 1 aliphatic heterocycles. The average molecular weight is 1320 g/mol. The van der Waals surface area contributed by atoms with Crippen molar-refractivity contribution in [3.8, 4) is 0 Å². The molecule has 3 heterocycles. The number of imidazole rings is 1. The zero-order valence-electron chi connectivity index (χ0n) is 52.3. The van der Waals surface area contributed by atoms with E-state index in [2.05, 4.69) is 55.5 Å². The second-order valence-electron chi connectivity index (χ2n) is 16.3. The third-order valence-corrected chi connectivity index (χ3v) is 12.7. The standard InChI is InChI=1S/C10H13N5O4.6C6H15NO2.H5O10P3/c11-8-5-9(13-2-12-8)15(3-14-5)10-7(18)6(17)4(1-16)19-10;6*1-8-5-3-7-4-6-9-2;1-11(2,3)9-13(7,8)10-12(4,5)6/h2-4,6-7,10,16-18H,1H2,(H2,11,12,13);6*7H,3-6H2,1-2H3;(H,7,8)(H2,1,2,3)(H2,4,5,6)/t4-,6-,7-,10-;;;;;;;/m1......./s1. The van der Waals surface area contributed by atoms with Crippen LogP contribution in [0.4, 0.5) is 5.82 Å². The van der Waals surface area contributed by atoms with Crippen LogP contribution in [0.25, 0.3) is 11.2 Å². The lowest BCUT2D eigenvalue weighted by Crippen LogP contribution is -2.33. The third kappa shape index (κ3) is 64.9. The molecule has 16 N–H and O–H groups in total. The summed E-state index contributed by atoms with van der Waals surface area (Å²) in [6.45, 7) is 19.7. The number of aliphatic hydroxyl groups excluding tert-OH is 3. The molecule has 518 valence electrons. The summed E-state index contributed by atoms with van der Waals surface area (Å²) in [6.07, 6.45) is -1.42. The molecule has 1 fully saturated rings. The van der Waals surface area contributed by atoms with E-state index < -0.39 is 54.6 Å². The quantitative estimate of drug-likeness (QED) is 0.0227. The molecule has 1 saturated heterocycles. The number of aliphatic hydroxyl groups is 3. The van der Waals surface area contributed by atoms with E-state index >= 15 is 0 Å². The molecule has 40 heteroatoms. The van der Waals surface area contributed by atoms with Crippen LogP contribution >= 0.6 is 23.5 Å². The first-order chi connectivity index (χ1) is 41.0. The van der Waals surface area contributed by atoms with Crippen LogP contribution in [0.15, 0.2) is 12.7 Å². The van der Waals surface area contributed by atoms with Crippen LogP contribution in [0.2, 0.25) is 0 Å². The van der Waals surface area contributed by atoms with Gasteiger partial charge in [0, 0.05) is 164 Å². The Kier molecular flexibility index (Phi) is 72.4. The third-order valence-electron chi connectivity index (χ3n) is 9.39. The molecular weight excluding hydrogens is 1220 g/mol. The normalized spacial score (nSPS) is 15.3. The van der Waals surface area contributed by atoms with E-state index in [4.69, 9.17) is 96.9 Å². The Bertz CT molecular complexity index is 1670. The highest BCUT2D eigenvalue weighted by molar-refractivity contribution is 7.66. The maximum atomic E-state index is 10.4. The second-order valence-corrected chi connectivity index (χ2v) is 20.5. The molecule has 4 atom stereocenters. The van der Waals surface area contributed by atoms with Gasteiger partial charge in [-0.25, -0.2) is 28.6 Å². The lowest BCUT2D eigenvalue weighted by molar-refractivity contribution is -0.0511. The van der Waals surface area contributed by atoms with Crippen molar-refractivity contribution in [2.24, 2.45) is 0 Å². The summed E-state index contributed by atoms with van der Waals surface area (Å²) in [4.78, 5) is 52.1. The highest BCUT2D eigenvalue weighted by Gasteiger charge is 2.44. The van der Waals surface area contributed by atoms with Crippen LogP contribution in [0.1, 0.15) is 6.23 Å². The van der Waals surface area contributed by atoms with Crippen molar-refractivity contribution < 1.29 is 124 Å². The van der Waals surface area contributed by atoms with Gasteiger partial charge in [-0.05, 0) is 0 Å². The minimum atomic E-state index is -5.46. The van der Waals surface area contributed by atoms with Crippen molar-refractivity contribution in [1.82, 2.24) is 51.4 Å². The number of ether oxygens (including phenoxy) is 13. The van der Waals surface area contributed by atoms with Gasteiger partial charge in [0.25, 0.3) is 0 Å². The Balaban J connectivity index is -0.000000297. The molecule has 0 aromatic carbocycles. The lowest BCUT2D eigenvalue weighted by Gasteiger charge is -2.16. The predicted molar refractivity (Wildman–Crippen MR) is 319 cm³/mol. The number of nitrogens with one attached hydrogen (secondary N) is 6. The number of anilines is 1. The monoisotopic (exact) mass is 1320 g/mol. The second kappa shape index (κ2) is 67.3. The van der Waals surface area contributed by atoms with Crippen molar-refractivity contribution in [1.29, 1.82) is 0 Å². The zero-order chi connectivity index (χ0) is 66.2. The Morgan fingerprint density at radius 3 is 0.919 bits per heavy atom. The number of fused-ring (bicyclic) bond motifs is 1. The first-order valence-corrected chi connectivity index (χ1v) is 31.1. The number of hydrogen-bond acceptors (Lipinski definition) is 31. The number of nitrogen functional groups attached to an aromatic ring is 1. The van der Waals surface area contributed by atoms with Gasteiger partial charge in [-0.2, -0.15) is 8.62 Å². The molecule has 0 amide bonds. The van der Waals surface area contributed by atoms with E-state index in [1.807, 2.05) is 0 Å². The van der Waals surface area contributed by atoms with Gasteiger partial charge in [0.1, 0.15) is 30.2 Å². The van der Waals surface area contributed by atoms with Crippen LogP contribution in [0, 0.1) is 0 Å². The largest absolute Gasteiger partial charge is 0.490 e. The maximum Gasteiger partial charge on any atom is 0.490 e. The van der Waals surface area contributed by atoms with Crippen LogP contribution in [0.3, 0.4) is 0 Å². The van der Waals surface area contributed by atoms with Crippen molar-refractivity contribution in [3.63, 3.8) is 0 Å². The number of nitrogens with zero attached hydrogens (tertiary/aromatic N) is 4. The van der Waals surface area contributed by atoms with Crippen LogP contribution in [-0.2, 0) is 83.9 Å². The van der Waals surface area contributed by atoms with Gasteiger partial charge in [-0.3, -0.25) is 4.57 Å². The average Bonchev–Trinajstić information content (AvgIpc) is 2.00. The number of nitrogens with two attached hydrogens (primary N) is 1. The lowest BCUT2D eigenvalue weighted by atomic mass is 10.1. The molecule has 0 spiro atoms. The van der Waals surface area contributed by atoms with E-state index in [1.54, 1.807) is 85.3 Å².